The Bertz CT molecular complexity index is 716. The Hall–Kier alpha value is -2.13. The number of amides is 1. The van der Waals surface area contributed by atoms with Gasteiger partial charge in [-0.05, 0) is 25.0 Å². The summed E-state index contributed by atoms with van der Waals surface area (Å²) >= 11 is 0. The highest BCUT2D eigenvalue weighted by Crippen LogP contribution is 2.44. The Balaban J connectivity index is 1.94. The van der Waals surface area contributed by atoms with E-state index in [2.05, 4.69) is 10.5 Å². The van der Waals surface area contributed by atoms with Gasteiger partial charge in [0.15, 0.2) is 0 Å². The van der Waals surface area contributed by atoms with E-state index in [1.165, 1.54) is 13.2 Å². The molecule has 0 bridgehead atoms. The van der Waals surface area contributed by atoms with Crippen LogP contribution >= 0.6 is 0 Å². The lowest BCUT2D eigenvalue weighted by Crippen LogP contribution is -2.29. The Morgan fingerprint density at radius 1 is 1.44 bits per heavy atom. The summed E-state index contributed by atoms with van der Waals surface area (Å²) in [5, 5.41) is 3.79. The van der Waals surface area contributed by atoms with Crippen LogP contribution in [0.1, 0.15) is 24.0 Å². The Kier molecular flexibility index (Phi) is 5.71. The zero-order chi connectivity index (χ0) is 19.5. The van der Waals surface area contributed by atoms with E-state index >= 15 is 0 Å². The van der Waals surface area contributed by atoms with Crippen LogP contribution in [0.2, 0.25) is 0 Å². The molecule has 2 aliphatic rings. The van der Waals surface area contributed by atoms with E-state index in [0.717, 1.165) is 18.9 Å². The lowest BCUT2D eigenvalue weighted by Gasteiger charge is -2.26. The molecule has 0 radical (unpaired) electrons. The Morgan fingerprint density at radius 3 is 2.89 bits per heavy atom. The van der Waals surface area contributed by atoms with Crippen molar-refractivity contribution in [3.63, 3.8) is 0 Å². The van der Waals surface area contributed by atoms with Crippen LogP contribution in [0.25, 0.3) is 0 Å². The summed E-state index contributed by atoms with van der Waals surface area (Å²) in [6.07, 6.45) is -2.46. The van der Waals surface area contributed by atoms with Crippen LogP contribution in [-0.2, 0) is 20.4 Å². The molecule has 1 aromatic carbocycles. The number of hydrogen-bond donors (Lipinski definition) is 1. The maximum absolute atomic E-state index is 13.8. The summed E-state index contributed by atoms with van der Waals surface area (Å²) in [7, 11) is 1.41. The lowest BCUT2D eigenvalue weighted by atomic mass is 9.87. The molecule has 27 heavy (non-hydrogen) atoms. The van der Waals surface area contributed by atoms with Crippen LogP contribution in [-0.4, -0.2) is 52.1 Å². The summed E-state index contributed by atoms with van der Waals surface area (Å²) in [5.74, 6) is 0. The second-order valence-electron chi connectivity index (χ2n) is 6.94. The Labute approximate surface area is 155 Å². The van der Waals surface area contributed by atoms with Gasteiger partial charge < -0.3 is 14.4 Å². The Morgan fingerprint density at radius 2 is 2.26 bits per heavy atom. The van der Waals surface area contributed by atoms with Gasteiger partial charge in [-0.1, -0.05) is 6.07 Å². The molecule has 1 atom stereocenters. The van der Waals surface area contributed by atoms with Gasteiger partial charge >= 0.3 is 6.18 Å². The number of alkyl halides is 3. The fraction of sp³-hybridized carbons (Fsp3) is 0.556. The number of halogens is 3. The molecule has 2 fully saturated rings. The maximum Gasteiger partial charge on any atom is 0.418 e. The molecule has 2 heterocycles. The zero-order valence-corrected chi connectivity index (χ0v) is 15.0. The van der Waals surface area contributed by atoms with E-state index < -0.39 is 11.7 Å². The van der Waals surface area contributed by atoms with Crippen LogP contribution < -0.4 is 10.3 Å². The van der Waals surface area contributed by atoms with Crippen molar-refractivity contribution in [2.75, 3.05) is 44.9 Å². The second kappa shape index (κ2) is 7.85. The number of hydrazone groups is 1. The number of nitrogens with one attached hydrogen (secondary N) is 1. The van der Waals surface area contributed by atoms with Gasteiger partial charge in [0.1, 0.15) is 0 Å². The van der Waals surface area contributed by atoms with E-state index in [0.29, 0.717) is 32.7 Å². The minimum absolute atomic E-state index is 0.0261. The molecule has 2 aliphatic heterocycles. The maximum atomic E-state index is 13.8. The number of anilines is 1. The van der Waals surface area contributed by atoms with Crippen molar-refractivity contribution in [2.24, 2.45) is 10.5 Å². The average molecular weight is 385 g/mol. The number of rotatable bonds is 6. The van der Waals surface area contributed by atoms with Crippen LogP contribution in [0.4, 0.5) is 18.9 Å². The van der Waals surface area contributed by atoms with Crippen molar-refractivity contribution in [3.8, 4) is 0 Å². The molecule has 0 aliphatic carbocycles. The van der Waals surface area contributed by atoms with Crippen LogP contribution in [0.15, 0.2) is 23.3 Å². The standard InChI is InChI=1S/C18H22F3N3O3/c1-26-9-15(23-22-12-25)13-2-3-16(14(8-13)18(19,20)21)24-6-4-17(10-24)5-7-27-11-17/h2-3,8,12H,4-7,9-11H2,1H3,(H,22,25)/b23-15+. The molecule has 1 amide bonds. The van der Waals surface area contributed by atoms with E-state index in [-0.39, 0.29) is 29.0 Å². The molecule has 0 aromatic heterocycles. The average Bonchev–Trinajstić information content (AvgIpc) is 3.27. The van der Waals surface area contributed by atoms with Gasteiger partial charge in [-0.25, -0.2) is 5.43 Å². The number of methoxy groups -OCH3 is 1. The van der Waals surface area contributed by atoms with E-state index in [1.54, 1.807) is 11.0 Å². The third-order valence-electron chi connectivity index (χ3n) is 5.13. The fourth-order valence-electron chi connectivity index (χ4n) is 3.75. The third kappa shape index (κ3) is 4.24. The summed E-state index contributed by atoms with van der Waals surface area (Å²) in [5.41, 5.74) is 1.98. The van der Waals surface area contributed by atoms with E-state index in [9.17, 15) is 18.0 Å². The number of benzene rings is 1. The number of hydrogen-bond acceptors (Lipinski definition) is 5. The van der Waals surface area contributed by atoms with Gasteiger partial charge in [-0.2, -0.15) is 18.3 Å². The summed E-state index contributed by atoms with van der Waals surface area (Å²) in [6.45, 7) is 2.37. The predicted octanol–water partition coefficient (Wildman–Crippen LogP) is 2.42. The number of carbonyl (C=O) groups excluding carboxylic acids is 1. The van der Waals surface area contributed by atoms with Crippen molar-refractivity contribution in [3.05, 3.63) is 29.3 Å². The lowest BCUT2D eigenvalue weighted by molar-refractivity contribution is -0.137. The molecular weight excluding hydrogens is 363 g/mol. The molecule has 1 unspecified atom stereocenters. The minimum Gasteiger partial charge on any atom is -0.381 e. The van der Waals surface area contributed by atoms with Crippen molar-refractivity contribution < 1.29 is 27.4 Å². The normalized spacial score (nSPS) is 23.3. The number of nitrogens with zero attached hydrogens (tertiary/aromatic N) is 2. The third-order valence-corrected chi connectivity index (χ3v) is 5.13. The monoisotopic (exact) mass is 385 g/mol. The molecule has 9 heteroatoms. The number of ether oxygens (including phenoxy) is 2. The first-order valence-corrected chi connectivity index (χ1v) is 8.67. The fourth-order valence-corrected chi connectivity index (χ4v) is 3.75. The predicted molar refractivity (Wildman–Crippen MR) is 93.8 cm³/mol. The SMILES string of the molecule is COC/C(=N\NC=O)c1ccc(N2CCC3(CCOC3)C2)c(C(F)(F)F)c1. The summed E-state index contributed by atoms with van der Waals surface area (Å²) < 4.78 is 51.7. The first-order chi connectivity index (χ1) is 12.9. The van der Waals surface area contributed by atoms with E-state index in [4.69, 9.17) is 9.47 Å². The van der Waals surface area contributed by atoms with Crippen LogP contribution in [0, 0.1) is 5.41 Å². The molecule has 6 nitrogen and oxygen atoms in total. The largest absolute Gasteiger partial charge is 0.418 e. The highest BCUT2D eigenvalue weighted by Gasteiger charge is 2.44. The summed E-state index contributed by atoms with van der Waals surface area (Å²) in [6, 6.07) is 4.11. The van der Waals surface area contributed by atoms with Gasteiger partial charge in [0.25, 0.3) is 0 Å². The highest BCUT2D eigenvalue weighted by atomic mass is 19.4. The molecule has 3 rings (SSSR count). The molecular formula is C18H22F3N3O3. The minimum atomic E-state index is -4.51. The van der Waals surface area contributed by atoms with Gasteiger partial charge in [-0.15, -0.1) is 0 Å². The van der Waals surface area contributed by atoms with Crippen LogP contribution in [0.3, 0.4) is 0 Å². The van der Waals surface area contributed by atoms with Crippen molar-refractivity contribution in [2.45, 2.75) is 19.0 Å². The van der Waals surface area contributed by atoms with Gasteiger partial charge in [0, 0.05) is 43.5 Å². The highest BCUT2D eigenvalue weighted by molar-refractivity contribution is 6.02. The smallest absolute Gasteiger partial charge is 0.381 e. The van der Waals surface area contributed by atoms with Crippen molar-refractivity contribution >= 4 is 17.8 Å². The van der Waals surface area contributed by atoms with Crippen molar-refractivity contribution in [1.82, 2.24) is 5.43 Å². The first kappa shape index (κ1) is 19.6. The second-order valence-corrected chi connectivity index (χ2v) is 6.94. The number of carbonyl (C=O) groups is 1. The van der Waals surface area contributed by atoms with Crippen LogP contribution in [0.5, 0.6) is 0 Å². The molecule has 1 spiro atoms. The quantitative estimate of drug-likeness (QED) is 0.464. The van der Waals surface area contributed by atoms with Gasteiger partial charge in [0.2, 0.25) is 6.41 Å². The molecule has 2 saturated heterocycles. The molecule has 148 valence electrons. The van der Waals surface area contributed by atoms with Gasteiger partial charge in [0.05, 0.1) is 24.5 Å². The van der Waals surface area contributed by atoms with Crippen molar-refractivity contribution in [1.29, 1.82) is 0 Å². The molecule has 1 N–H and O–H groups in total. The van der Waals surface area contributed by atoms with Gasteiger partial charge in [-0.3, -0.25) is 4.79 Å². The first-order valence-electron chi connectivity index (χ1n) is 8.67. The van der Waals surface area contributed by atoms with E-state index in [1.807, 2.05) is 0 Å². The zero-order valence-electron chi connectivity index (χ0n) is 15.0. The topological polar surface area (TPSA) is 63.2 Å². The summed E-state index contributed by atoms with van der Waals surface area (Å²) in [4.78, 5) is 12.3. The molecule has 1 aromatic rings. The molecule has 0 saturated carbocycles.